The van der Waals surface area contributed by atoms with Gasteiger partial charge in [-0.1, -0.05) is 19.8 Å². The molecule has 2 heteroatoms. The molecular weight excluding hydrogens is 186 g/mol. The summed E-state index contributed by atoms with van der Waals surface area (Å²) < 4.78 is 5.75. The van der Waals surface area contributed by atoms with E-state index in [-0.39, 0.29) is 0 Å². The van der Waals surface area contributed by atoms with Crippen LogP contribution >= 0.6 is 0 Å². The highest BCUT2D eigenvalue weighted by atomic mass is 16.5. The van der Waals surface area contributed by atoms with Crippen molar-refractivity contribution >= 4 is 0 Å². The molecule has 2 N–H and O–H groups in total. The average Bonchev–Trinajstić information content (AvgIpc) is 2.25. The number of hydrogen-bond donors (Lipinski definition) is 1. The van der Waals surface area contributed by atoms with Gasteiger partial charge in [0, 0.05) is 0 Å². The maximum Gasteiger partial charge on any atom is 0.0519 e. The smallest absolute Gasteiger partial charge is 0.0519 e. The molecule has 1 saturated carbocycles. The zero-order valence-corrected chi connectivity index (χ0v) is 10.5. The Hall–Kier alpha value is -0.0800. The molecule has 15 heavy (non-hydrogen) atoms. The van der Waals surface area contributed by atoms with Gasteiger partial charge in [0.15, 0.2) is 0 Å². The summed E-state index contributed by atoms with van der Waals surface area (Å²) in [5.74, 6) is 2.32. The van der Waals surface area contributed by atoms with Gasteiger partial charge in [-0.05, 0) is 51.0 Å². The van der Waals surface area contributed by atoms with Crippen molar-refractivity contribution in [3.05, 3.63) is 0 Å². The third kappa shape index (κ3) is 4.12. The van der Waals surface area contributed by atoms with Crippen molar-refractivity contribution < 1.29 is 4.74 Å². The van der Waals surface area contributed by atoms with Crippen LogP contribution in [0.3, 0.4) is 0 Å². The molecule has 0 radical (unpaired) electrons. The van der Waals surface area contributed by atoms with Crippen LogP contribution in [0.15, 0.2) is 0 Å². The van der Waals surface area contributed by atoms with Crippen LogP contribution < -0.4 is 5.73 Å². The summed E-state index contributed by atoms with van der Waals surface area (Å²) in [6.45, 7) is 8.27. The molecule has 0 bridgehead atoms. The van der Waals surface area contributed by atoms with Crippen molar-refractivity contribution in [2.24, 2.45) is 23.5 Å². The maximum atomic E-state index is 5.83. The zero-order chi connectivity index (χ0) is 11.3. The second-order valence-corrected chi connectivity index (χ2v) is 5.23. The lowest BCUT2D eigenvalue weighted by molar-refractivity contribution is 0.0138. The zero-order valence-electron chi connectivity index (χ0n) is 10.5. The Morgan fingerprint density at radius 2 is 2.00 bits per heavy atom. The fourth-order valence-corrected chi connectivity index (χ4v) is 2.63. The fraction of sp³-hybridized carbons (Fsp3) is 1.00. The molecule has 0 aromatic carbocycles. The van der Waals surface area contributed by atoms with Gasteiger partial charge < -0.3 is 10.5 Å². The Balaban J connectivity index is 2.40. The predicted octanol–water partition coefficient (Wildman–Crippen LogP) is 2.81. The van der Waals surface area contributed by atoms with Crippen molar-refractivity contribution in [1.82, 2.24) is 0 Å². The van der Waals surface area contributed by atoms with Gasteiger partial charge >= 0.3 is 0 Å². The molecule has 3 atom stereocenters. The van der Waals surface area contributed by atoms with Crippen molar-refractivity contribution in [1.29, 1.82) is 0 Å². The van der Waals surface area contributed by atoms with E-state index >= 15 is 0 Å². The Kier molecular flexibility index (Phi) is 5.62. The molecule has 90 valence electrons. The summed E-state index contributed by atoms with van der Waals surface area (Å²) in [5, 5.41) is 0. The summed E-state index contributed by atoms with van der Waals surface area (Å²) in [7, 11) is 0. The lowest BCUT2D eigenvalue weighted by Gasteiger charge is -2.35. The van der Waals surface area contributed by atoms with E-state index in [0.29, 0.717) is 17.9 Å². The molecule has 0 aromatic rings. The van der Waals surface area contributed by atoms with Crippen LogP contribution in [0.1, 0.15) is 46.5 Å². The van der Waals surface area contributed by atoms with Gasteiger partial charge in [0.1, 0.15) is 0 Å². The van der Waals surface area contributed by atoms with Crippen LogP contribution in [0.4, 0.5) is 0 Å². The van der Waals surface area contributed by atoms with Crippen LogP contribution in [-0.2, 0) is 4.74 Å². The van der Waals surface area contributed by atoms with Gasteiger partial charge in [0.05, 0.1) is 12.7 Å². The maximum absolute atomic E-state index is 5.83. The second-order valence-electron chi connectivity index (χ2n) is 5.23. The first-order valence-electron chi connectivity index (χ1n) is 6.49. The van der Waals surface area contributed by atoms with Gasteiger partial charge in [-0.15, -0.1) is 0 Å². The molecule has 0 aromatic heterocycles. The van der Waals surface area contributed by atoms with Crippen molar-refractivity contribution in [3.8, 4) is 0 Å². The first kappa shape index (κ1) is 13.0. The number of nitrogens with two attached hydrogens (primary N) is 1. The van der Waals surface area contributed by atoms with E-state index in [1.54, 1.807) is 0 Å². The number of hydrogen-bond acceptors (Lipinski definition) is 2. The van der Waals surface area contributed by atoms with Crippen molar-refractivity contribution in [3.63, 3.8) is 0 Å². The average molecular weight is 213 g/mol. The van der Waals surface area contributed by atoms with Crippen LogP contribution in [0, 0.1) is 17.8 Å². The van der Waals surface area contributed by atoms with E-state index in [2.05, 4.69) is 20.8 Å². The highest BCUT2D eigenvalue weighted by Crippen LogP contribution is 2.35. The van der Waals surface area contributed by atoms with Crippen molar-refractivity contribution in [2.45, 2.75) is 52.6 Å². The van der Waals surface area contributed by atoms with Gasteiger partial charge in [-0.3, -0.25) is 0 Å². The summed E-state index contributed by atoms with van der Waals surface area (Å²) in [5.41, 5.74) is 5.83. The standard InChI is InChI=1S/C13H27NO/c1-4-11-5-6-12(8-14)13(7-11)9-15-10(2)3/h10-13H,4-9,14H2,1-3H3. The fourth-order valence-electron chi connectivity index (χ4n) is 2.63. The van der Waals surface area contributed by atoms with Gasteiger partial charge in [-0.25, -0.2) is 0 Å². The van der Waals surface area contributed by atoms with Crippen LogP contribution in [0.25, 0.3) is 0 Å². The summed E-state index contributed by atoms with van der Waals surface area (Å²) in [4.78, 5) is 0. The third-order valence-corrected chi connectivity index (χ3v) is 3.77. The van der Waals surface area contributed by atoms with E-state index in [1.807, 2.05) is 0 Å². The summed E-state index contributed by atoms with van der Waals surface area (Å²) in [6.07, 6.45) is 5.67. The number of rotatable bonds is 5. The summed E-state index contributed by atoms with van der Waals surface area (Å²) in [6, 6.07) is 0. The minimum absolute atomic E-state index is 0.352. The summed E-state index contributed by atoms with van der Waals surface area (Å²) >= 11 is 0. The molecule has 1 fully saturated rings. The predicted molar refractivity (Wildman–Crippen MR) is 64.8 cm³/mol. The minimum atomic E-state index is 0.352. The Morgan fingerprint density at radius 1 is 1.27 bits per heavy atom. The van der Waals surface area contributed by atoms with Crippen LogP contribution in [0.5, 0.6) is 0 Å². The molecule has 0 amide bonds. The van der Waals surface area contributed by atoms with Gasteiger partial charge in [-0.2, -0.15) is 0 Å². The molecule has 1 aliphatic carbocycles. The molecule has 2 nitrogen and oxygen atoms in total. The van der Waals surface area contributed by atoms with E-state index < -0.39 is 0 Å². The Labute approximate surface area is 94.6 Å². The highest BCUT2D eigenvalue weighted by Gasteiger charge is 2.28. The van der Waals surface area contributed by atoms with Crippen molar-refractivity contribution in [2.75, 3.05) is 13.2 Å². The molecule has 0 saturated heterocycles. The lowest BCUT2D eigenvalue weighted by Crippen LogP contribution is -2.33. The molecule has 1 rings (SSSR count). The normalized spacial score (nSPS) is 32.2. The molecule has 1 aliphatic rings. The van der Waals surface area contributed by atoms with E-state index in [1.165, 1.54) is 25.7 Å². The Morgan fingerprint density at radius 3 is 2.53 bits per heavy atom. The molecule has 0 spiro atoms. The molecular formula is C13H27NO. The van der Waals surface area contributed by atoms with Gasteiger partial charge in [0.25, 0.3) is 0 Å². The quantitative estimate of drug-likeness (QED) is 0.762. The monoisotopic (exact) mass is 213 g/mol. The molecule has 0 aliphatic heterocycles. The minimum Gasteiger partial charge on any atom is -0.378 e. The number of ether oxygens (including phenoxy) is 1. The van der Waals surface area contributed by atoms with E-state index in [0.717, 1.165) is 19.1 Å². The second kappa shape index (κ2) is 6.49. The van der Waals surface area contributed by atoms with E-state index in [4.69, 9.17) is 10.5 Å². The Bertz CT molecular complexity index is 170. The molecule has 0 heterocycles. The largest absolute Gasteiger partial charge is 0.378 e. The topological polar surface area (TPSA) is 35.2 Å². The van der Waals surface area contributed by atoms with Crippen LogP contribution in [0.2, 0.25) is 0 Å². The molecule has 3 unspecified atom stereocenters. The van der Waals surface area contributed by atoms with E-state index in [9.17, 15) is 0 Å². The first-order chi connectivity index (χ1) is 7.17. The van der Waals surface area contributed by atoms with Crippen LogP contribution in [-0.4, -0.2) is 19.3 Å². The lowest BCUT2D eigenvalue weighted by atomic mass is 9.73. The van der Waals surface area contributed by atoms with Gasteiger partial charge in [0.2, 0.25) is 0 Å². The highest BCUT2D eigenvalue weighted by molar-refractivity contribution is 4.80. The third-order valence-electron chi connectivity index (χ3n) is 3.77. The first-order valence-corrected chi connectivity index (χ1v) is 6.49. The SMILES string of the molecule is CCC1CCC(CN)C(COC(C)C)C1.